The number of carbonyl (C=O) groups excluding carboxylic acids is 1. The van der Waals surface area contributed by atoms with E-state index in [-0.39, 0.29) is 5.78 Å². The SMILES string of the molecule is CO/N=C1\C=Cc2ccccc2C1=O. The summed E-state index contributed by atoms with van der Waals surface area (Å²) in [6.45, 7) is 0. The monoisotopic (exact) mass is 187 g/mol. The van der Waals surface area contributed by atoms with Crippen molar-refractivity contribution in [1.29, 1.82) is 0 Å². The summed E-state index contributed by atoms with van der Waals surface area (Å²) < 4.78 is 0. The van der Waals surface area contributed by atoms with E-state index in [0.29, 0.717) is 11.3 Å². The van der Waals surface area contributed by atoms with Crippen LogP contribution >= 0.6 is 0 Å². The van der Waals surface area contributed by atoms with E-state index in [1.165, 1.54) is 7.11 Å². The third-order valence-electron chi connectivity index (χ3n) is 2.05. The molecule has 3 nitrogen and oxygen atoms in total. The summed E-state index contributed by atoms with van der Waals surface area (Å²) in [4.78, 5) is 16.3. The molecule has 0 unspecified atom stereocenters. The van der Waals surface area contributed by atoms with Crippen LogP contribution in [-0.2, 0) is 4.84 Å². The van der Waals surface area contributed by atoms with Crippen LogP contribution in [0.25, 0.3) is 6.08 Å². The maximum Gasteiger partial charge on any atom is 0.215 e. The highest BCUT2D eigenvalue weighted by molar-refractivity contribution is 6.52. The quantitative estimate of drug-likeness (QED) is 0.630. The van der Waals surface area contributed by atoms with Gasteiger partial charge in [-0.1, -0.05) is 35.5 Å². The standard InChI is InChI=1S/C11H9NO2/c1-14-12-10-7-6-8-4-2-3-5-9(8)11(10)13/h2-7H,1H3/b12-10+. The lowest BCUT2D eigenvalue weighted by atomic mass is 9.95. The normalized spacial score (nSPS) is 16.9. The lowest BCUT2D eigenvalue weighted by Crippen LogP contribution is -2.16. The van der Waals surface area contributed by atoms with Gasteiger partial charge in [0.15, 0.2) is 5.71 Å². The van der Waals surface area contributed by atoms with Gasteiger partial charge in [0.1, 0.15) is 7.11 Å². The molecule has 2 rings (SSSR count). The van der Waals surface area contributed by atoms with Crippen molar-refractivity contribution in [2.24, 2.45) is 5.16 Å². The number of ketones is 1. The molecule has 0 radical (unpaired) electrons. The van der Waals surface area contributed by atoms with Gasteiger partial charge in [0.05, 0.1) is 0 Å². The molecule has 0 spiro atoms. The summed E-state index contributed by atoms with van der Waals surface area (Å²) >= 11 is 0. The minimum atomic E-state index is -0.0926. The lowest BCUT2D eigenvalue weighted by molar-refractivity contribution is 0.105. The molecule has 0 amide bonds. The van der Waals surface area contributed by atoms with Crippen LogP contribution in [-0.4, -0.2) is 18.6 Å². The largest absolute Gasteiger partial charge is 0.399 e. The second-order valence-corrected chi connectivity index (χ2v) is 2.91. The fraction of sp³-hybridized carbons (Fsp3) is 0.0909. The van der Waals surface area contributed by atoms with E-state index in [1.807, 2.05) is 24.3 Å². The van der Waals surface area contributed by atoms with Crippen molar-refractivity contribution in [1.82, 2.24) is 0 Å². The Hall–Kier alpha value is -1.90. The molecule has 14 heavy (non-hydrogen) atoms. The number of fused-ring (bicyclic) bond motifs is 1. The zero-order valence-corrected chi connectivity index (χ0v) is 7.73. The Labute approximate surface area is 81.7 Å². The average Bonchev–Trinajstić information content (AvgIpc) is 2.23. The molecule has 0 saturated heterocycles. The van der Waals surface area contributed by atoms with Gasteiger partial charge < -0.3 is 4.84 Å². The van der Waals surface area contributed by atoms with Gasteiger partial charge >= 0.3 is 0 Å². The van der Waals surface area contributed by atoms with Crippen molar-refractivity contribution in [3.8, 4) is 0 Å². The number of Topliss-reactive ketones (excluding diaryl/α,β-unsaturated/α-hetero) is 1. The molecule has 1 aliphatic carbocycles. The fourth-order valence-corrected chi connectivity index (χ4v) is 1.40. The van der Waals surface area contributed by atoms with E-state index >= 15 is 0 Å². The third kappa shape index (κ3) is 1.33. The molecule has 3 heteroatoms. The van der Waals surface area contributed by atoms with Crippen molar-refractivity contribution in [3.63, 3.8) is 0 Å². The van der Waals surface area contributed by atoms with Crippen molar-refractivity contribution in [2.45, 2.75) is 0 Å². The Balaban J connectivity index is 2.50. The van der Waals surface area contributed by atoms with E-state index in [4.69, 9.17) is 0 Å². The molecule has 1 aromatic rings. The molecule has 0 fully saturated rings. The van der Waals surface area contributed by atoms with Crippen LogP contribution in [0, 0.1) is 0 Å². The van der Waals surface area contributed by atoms with Gasteiger partial charge in [0, 0.05) is 5.56 Å². The first-order valence-corrected chi connectivity index (χ1v) is 4.26. The van der Waals surface area contributed by atoms with Gasteiger partial charge in [0.2, 0.25) is 5.78 Å². The Kier molecular flexibility index (Phi) is 2.14. The van der Waals surface area contributed by atoms with E-state index in [2.05, 4.69) is 9.99 Å². The van der Waals surface area contributed by atoms with Crippen molar-refractivity contribution in [3.05, 3.63) is 41.5 Å². The highest BCUT2D eigenvalue weighted by atomic mass is 16.6. The molecule has 0 atom stereocenters. The topological polar surface area (TPSA) is 38.7 Å². The molecule has 70 valence electrons. The van der Waals surface area contributed by atoms with Gasteiger partial charge in [-0.15, -0.1) is 0 Å². The highest BCUT2D eigenvalue weighted by Gasteiger charge is 2.18. The molecule has 0 heterocycles. The number of allylic oxidation sites excluding steroid dienone is 1. The van der Waals surface area contributed by atoms with Gasteiger partial charge in [-0.25, -0.2) is 0 Å². The van der Waals surface area contributed by atoms with Crippen LogP contribution in [0.1, 0.15) is 15.9 Å². The predicted octanol–water partition coefficient (Wildman–Crippen LogP) is 1.90. The van der Waals surface area contributed by atoms with Gasteiger partial charge in [0.25, 0.3) is 0 Å². The Morgan fingerprint density at radius 1 is 1.21 bits per heavy atom. The van der Waals surface area contributed by atoms with E-state index in [1.54, 1.807) is 12.1 Å². The summed E-state index contributed by atoms with van der Waals surface area (Å²) in [6.07, 6.45) is 3.52. The van der Waals surface area contributed by atoms with Crippen LogP contribution in [0.5, 0.6) is 0 Å². The molecule has 1 aromatic carbocycles. The Morgan fingerprint density at radius 2 is 2.00 bits per heavy atom. The Bertz CT molecular complexity index is 433. The van der Waals surface area contributed by atoms with E-state index in [9.17, 15) is 4.79 Å². The fourth-order valence-electron chi connectivity index (χ4n) is 1.40. The van der Waals surface area contributed by atoms with Crippen LogP contribution in [0.4, 0.5) is 0 Å². The Morgan fingerprint density at radius 3 is 2.79 bits per heavy atom. The minimum Gasteiger partial charge on any atom is -0.399 e. The second-order valence-electron chi connectivity index (χ2n) is 2.91. The highest BCUT2D eigenvalue weighted by Crippen LogP contribution is 2.17. The number of benzene rings is 1. The molecule has 1 aliphatic rings. The molecule has 0 aromatic heterocycles. The van der Waals surface area contributed by atoms with Crippen LogP contribution in [0.2, 0.25) is 0 Å². The first-order chi connectivity index (χ1) is 6.83. The number of hydrogen-bond donors (Lipinski definition) is 0. The molecule has 0 saturated carbocycles. The smallest absolute Gasteiger partial charge is 0.215 e. The minimum absolute atomic E-state index is 0.0926. The number of carbonyl (C=O) groups is 1. The molecule has 0 N–H and O–H groups in total. The van der Waals surface area contributed by atoms with Crippen LogP contribution < -0.4 is 0 Å². The number of nitrogens with zero attached hydrogens (tertiary/aromatic N) is 1. The first kappa shape index (κ1) is 8.69. The van der Waals surface area contributed by atoms with Crippen LogP contribution in [0.3, 0.4) is 0 Å². The molecule has 0 bridgehead atoms. The third-order valence-corrected chi connectivity index (χ3v) is 2.05. The van der Waals surface area contributed by atoms with Gasteiger partial charge in [-0.05, 0) is 11.6 Å². The predicted molar refractivity (Wildman–Crippen MR) is 54.3 cm³/mol. The second kappa shape index (κ2) is 3.46. The van der Waals surface area contributed by atoms with Crippen molar-refractivity contribution >= 4 is 17.6 Å². The summed E-state index contributed by atoms with van der Waals surface area (Å²) in [5.74, 6) is -0.0926. The number of oxime groups is 1. The molecular weight excluding hydrogens is 178 g/mol. The van der Waals surface area contributed by atoms with E-state index < -0.39 is 0 Å². The summed E-state index contributed by atoms with van der Waals surface area (Å²) in [5, 5.41) is 3.64. The molecule has 0 aliphatic heterocycles. The zero-order valence-electron chi connectivity index (χ0n) is 7.73. The van der Waals surface area contributed by atoms with Gasteiger partial charge in [-0.3, -0.25) is 4.79 Å². The van der Waals surface area contributed by atoms with Crippen molar-refractivity contribution < 1.29 is 9.63 Å². The van der Waals surface area contributed by atoms with Gasteiger partial charge in [-0.2, -0.15) is 0 Å². The summed E-state index contributed by atoms with van der Waals surface area (Å²) in [7, 11) is 1.43. The number of hydrogen-bond acceptors (Lipinski definition) is 3. The summed E-state index contributed by atoms with van der Waals surface area (Å²) in [5.41, 5.74) is 1.93. The maximum atomic E-state index is 11.7. The van der Waals surface area contributed by atoms with Crippen LogP contribution in [0.15, 0.2) is 35.5 Å². The average molecular weight is 187 g/mol. The lowest BCUT2D eigenvalue weighted by Gasteiger charge is -2.09. The summed E-state index contributed by atoms with van der Waals surface area (Å²) in [6, 6.07) is 7.41. The van der Waals surface area contributed by atoms with Crippen molar-refractivity contribution in [2.75, 3.05) is 7.11 Å². The molecular formula is C11H9NO2. The zero-order chi connectivity index (χ0) is 9.97. The maximum absolute atomic E-state index is 11.7. The first-order valence-electron chi connectivity index (χ1n) is 4.26. The van der Waals surface area contributed by atoms with E-state index in [0.717, 1.165) is 5.56 Å². The number of rotatable bonds is 1.